The Morgan fingerprint density at radius 2 is 1.78 bits per heavy atom. The van der Waals surface area contributed by atoms with Crippen LogP contribution in [0.5, 0.6) is 0 Å². The van der Waals surface area contributed by atoms with Crippen LogP contribution in [0, 0.1) is 5.82 Å². The summed E-state index contributed by atoms with van der Waals surface area (Å²) in [6.07, 6.45) is 2.29. The number of hydrogen-bond donors (Lipinski definition) is 0. The highest BCUT2D eigenvalue weighted by molar-refractivity contribution is 6.31. The van der Waals surface area contributed by atoms with Gasteiger partial charge in [0.1, 0.15) is 11.6 Å². The fraction of sp³-hybridized carbons (Fsp3) is 0.222. The Labute approximate surface area is 138 Å². The number of halogens is 2. The monoisotopic (exact) mass is 327 g/mol. The summed E-state index contributed by atoms with van der Waals surface area (Å²) in [5, 5.41) is 1.57. The van der Waals surface area contributed by atoms with Crippen LogP contribution in [0.15, 0.2) is 42.5 Å². The molecule has 2 aromatic carbocycles. The van der Waals surface area contributed by atoms with Gasteiger partial charge in [-0.25, -0.2) is 14.4 Å². The molecule has 3 nitrogen and oxygen atoms in total. The van der Waals surface area contributed by atoms with Gasteiger partial charge in [-0.15, -0.1) is 0 Å². The van der Waals surface area contributed by atoms with Gasteiger partial charge < -0.3 is 4.90 Å². The van der Waals surface area contributed by atoms with Gasteiger partial charge in [0.15, 0.2) is 5.82 Å². The third-order valence-corrected chi connectivity index (χ3v) is 4.39. The highest BCUT2D eigenvalue weighted by Crippen LogP contribution is 2.31. The predicted molar refractivity (Wildman–Crippen MR) is 91.4 cm³/mol. The van der Waals surface area contributed by atoms with Crippen molar-refractivity contribution in [1.29, 1.82) is 0 Å². The summed E-state index contributed by atoms with van der Waals surface area (Å²) in [6, 6.07) is 12.2. The fourth-order valence-corrected chi connectivity index (χ4v) is 3.19. The molecule has 0 amide bonds. The van der Waals surface area contributed by atoms with E-state index < -0.39 is 0 Å². The van der Waals surface area contributed by atoms with Crippen molar-refractivity contribution in [2.45, 2.75) is 12.8 Å². The first-order chi connectivity index (χ1) is 11.2. The van der Waals surface area contributed by atoms with E-state index >= 15 is 0 Å². The van der Waals surface area contributed by atoms with Gasteiger partial charge in [-0.05, 0) is 43.2 Å². The lowest BCUT2D eigenvalue weighted by Gasteiger charge is -2.19. The predicted octanol–water partition coefficient (Wildman–Crippen LogP) is 4.69. The van der Waals surface area contributed by atoms with Crippen molar-refractivity contribution in [2.75, 3.05) is 18.0 Å². The number of rotatable bonds is 2. The van der Waals surface area contributed by atoms with E-state index in [1.54, 1.807) is 18.2 Å². The highest BCUT2D eigenvalue weighted by Gasteiger charge is 2.19. The van der Waals surface area contributed by atoms with Crippen molar-refractivity contribution in [3.63, 3.8) is 0 Å². The Morgan fingerprint density at radius 3 is 2.57 bits per heavy atom. The van der Waals surface area contributed by atoms with Crippen molar-refractivity contribution < 1.29 is 4.39 Å². The smallest absolute Gasteiger partial charge is 0.165 e. The standard InChI is InChI=1S/C18H15ClFN3/c19-12-7-8-14-16(11-12)21-17(13-5-1-2-6-15(13)20)22-18(14)23-9-3-4-10-23/h1-2,5-8,11H,3-4,9-10H2. The Balaban J connectivity index is 1.97. The molecule has 0 bridgehead atoms. The normalized spacial score (nSPS) is 14.6. The third-order valence-electron chi connectivity index (χ3n) is 4.16. The molecule has 0 N–H and O–H groups in total. The molecule has 4 rings (SSSR count). The number of nitrogens with zero attached hydrogens (tertiary/aromatic N) is 3. The average Bonchev–Trinajstić information content (AvgIpc) is 3.08. The van der Waals surface area contributed by atoms with E-state index in [0.29, 0.717) is 16.4 Å². The molecular formula is C18H15ClFN3. The number of aromatic nitrogens is 2. The molecule has 3 aromatic rings. The van der Waals surface area contributed by atoms with Crippen LogP contribution >= 0.6 is 11.6 Å². The zero-order chi connectivity index (χ0) is 15.8. The lowest BCUT2D eigenvalue weighted by atomic mass is 10.1. The van der Waals surface area contributed by atoms with Crippen LogP contribution < -0.4 is 4.90 Å². The molecule has 5 heteroatoms. The second kappa shape index (κ2) is 5.78. The van der Waals surface area contributed by atoms with E-state index in [1.165, 1.54) is 6.07 Å². The van der Waals surface area contributed by atoms with Crippen LogP contribution in [0.25, 0.3) is 22.3 Å². The van der Waals surface area contributed by atoms with Crippen LogP contribution in [0.1, 0.15) is 12.8 Å². The minimum atomic E-state index is -0.318. The molecule has 0 saturated carbocycles. The zero-order valence-corrected chi connectivity index (χ0v) is 13.2. The topological polar surface area (TPSA) is 29.0 Å². The van der Waals surface area contributed by atoms with Gasteiger partial charge in [-0.2, -0.15) is 0 Å². The van der Waals surface area contributed by atoms with Crippen molar-refractivity contribution in [3.8, 4) is 11.4 Å². The van der Waals surface area contributed by atoms with Crippen LogP contribution in [-0.2, 0) is 0 Å². The molecule has 0 aliphatic carbocycles. The number of anilines is 1. The molecule has 1 saturated heterocycles. The molecular weight excluding hydrogens is 313 g/mol. The molecule has 23 heavy (non-hydrogen) atoms. The first-order valence-electron chi connectivity index (χ1n) is 7.69. The minimum absolute atomic E-state index is 0.318. The van der Waals surface area contributed by atoms with Crippen LogP contribution in [0.3, 0.4) is 0 Å². The van der Waals surface area contributed by atoms with Gasteiger partial charge in [0, 0.05) is 23.5 Å². The Hall–Kier alpha value is -2.20. The van der Waals surface area contributed by atoms with E-state index in [1.807, 2.05) is 18.2 Å². The molecule has 0 radical (unpaired) electrons. The van der Waals surface area contributed by atoms with Gasteiger partial charge in [0.25, 0.3) is 0 Å². The highest BCUT2D eigenvalue weighted by atomic mass is 35.5. The maximum Gasteiger partial charge on any atom is 0.165 e. The van der Waals surface area contributed by atoms with E-state index in [2.05, 4.69) is 14.9 Å². The number of fused-ring (bicyclic) bond motifs is 1. The van der Waals surface area contributed by atoms with E-state index in [-0.39, 0.29) is 5.82 Å². The Bertz CT molecular complexity index is 875. The average molecular weight is 328 g/mol. The maximum atomic E-state index is 14.1. The second-order valence-electron chi connectivity index (χ2n) is 5.71. The molecule has 116 valence electrons. The van der Waals surface area contributed by atoms with Gasteiger partial charge in [-0.3, -0.25) is 0 Å². The summed E-state index contributed by atoms with van der Waals surface area (Å²) in [5.74, 6) is 0.948. The zero-order valence-electron chi connectivity index (χ0n) is 12.5. The first-order valence-corrected chi connectivity index (χ1v) is 8.07. The first kappa shape index (κ1) is 14.4. The van der Waals surface area contributed by atoms with Crippen molar-refractivity contribution in [3.05, 3.63) is 53.3 Å². The van der Waals surface area contributed by atoms with Gasteiger partial charge in [0.2, 0.25) is 0 Å². The van der Waals surface area contributed by atoms with Crippen LogP contribution in [-0.4, -0.2) is 23.1 Å². The summed E-state index contributed by atoms with van der Waals surface area (Å²) < 4.78 is 14.1. The molecule has 0 atom stereocenters. The summed E-state index contributed by atoms with van der Waals surface area (Å²) >= 11 is 6.11. The number of benzene rings is 2. The maximum absolute atomic E-state index is 14.1. The SMILES string of the molecule is Fc1ccccc1-c1nc(N2CCCC2)c2ccc(Cl)cc2n1. The lowest BCUT2D eigenvalue weighted by Crippen LogP contribution is -2.20. The van der Waals surface area contributed by atoms with Gasteiger partial charge in [0.05, 0.1) is 11.1 Å². The van der Waals surface area contributed by atoms with E-state index in [4.69, 9.17) is 11.6 Å². The van der Waals surface area contributed by atoms with Crippen molar-refractivity contribution in [2.24, 2.45) is 0 Å². The molecule has 0 spiro atoms. The van der Waals surface area contributed by atoms with E-state index in [9.17, 15) is 4.39 Å². The molecule has 1 aliphatic heterocycles. The Kier molecular flexibility index (Phi) is 3.62. The lowest BCUT2D eigenvalue weighted by molar-refractivity contribution is 0.630. The van der Waals surface area contributed by atoms with Gasteiger partial charge in [-0.1, -0.05) is 23.7 Å². The molecule has 1 aromatic heterocycles. The Morgan fingerprint density at radius 1 is 1.00 bits per heavy atom. The van der Waals surface area contributed by atoms with Crippen LogP contribution in [0.2, 0.25) is 5.02 Å². The number of hydrogen-bond acceptors (Lipinski definition) is 3. The van der Waals surface area contributed by atoms with Crippen molar-refractivity contribution in [1.82, 2.24) is 9.97 Å². The third kappa shape index (κ3) is 2.63. The summed E-state index contributed by atoms with van der Waals surface area (Å²) in [7, 11) is 0. The van der Waals surface area contributed by atoms with Crippen LogP contribution in [0.4, 0.5) is 10.2 Å². The van der Waals surface area contributed by atoms with Gasteiger partial charge >= 0.3 is 0 Å². The minimum Gasteiger partial charge on any atom is -0.356 e. The molecule has 1 aliphatic rings. The summed E-state index contributed by atoms with van der Waals surface area (Å²) in [4.78, 5) is 11.5. The molecule has 0 unspecified atom stereocenters. The molecule has 2 heterocycles. The summed E-state index contributed by atoms with van der Waals surface area (Å²) in [5.41, 5.74) is 1.16. The second-order valence-corrected chi connectivity index (χ2v) is 6.14. The largest absolute Gasteiger partial charge is 0.356 e. The molecule has 1 fully saturated rings. The summed E-state index contributed by atoms with van der Waals surface area (Å²) in [6.45, 7) is 1.93. The van der Waals surface area contributed by atoms with E-state index in [0.717, 1.165) is 42.7 Å². The van der Waals surface area contributed by atoms with Crippen molar-refractivity contribution >= 4 is 28.3 Å². The fourth-order valence-electron chi connectivity index (χ4n) is 3.02. The quantitative estimate of drug-likeness (QED) is 0.683.